The molecule has 27 heavy (non-hydrogen) atoms. The third kappa shape index (κ3) is 5.67. The smallest absolute Gasteiger partial charge is 0.314 e. The van der Waals surface area contributed by atoms with E-state index in [1.807, 2.05) is 6.92 Å². The number of carbonyl (C=O) groups is 1. The molecule has 0 radical (unpaired) electrons. The molecule has 2 atom stereocenters. The Morgan fingerprint density at radius 1 is 1.22 bits per heavy atom. The molecule has 0 bridgehead atoms. The Kier molecular flexibility index (Phi) is 7.10. The number of carbonyl (C=O) groups excluding carboxylic acids is 1. The first-order valence-corrected chi connectivity index (χ1v) is 10.2. The molecule has 0 aromatic heterocycles. The van der Waals surface area contributed by atoms with Crippen molar-refractivity contribution in [3.8, 4) is 0 Å². The van der Waals surface area contributed by atoms with Crippen molar-refractivity contribution in [3.63, 3.8) is 0 Å². The van der Waals surface area contributed by atoms with E-state index >= 15 is 0 Å². The summed E-state index contributed by atoms with van der Waals surface area (Å²) < 4.78 is 12.3. The maximum absolute atomic E-state index is 11.6. The molecule has 150 valence electrons. The molecular formula is C21H33N3O3. The quantitative estimate of drug-likeness (QED) is 0.801. The number of nitrogens with zero attached hydrogens (tertiary/aromatic N) is 1. The van der Waals surface area contributed by atoms with Crippen LogP contribution in [0.3, 0.4) is 0 Å². The summed E-state index contributed by atoms with van der Waals surface area (Å²) in [5.41, 5.74) is 2.45. The Bertz CT molecular complexity index is 607. The summed E-state index contributed by atoms with van der Waals surface area (Å²) in [6.07, 6.45) is 3.05. The van der Waals surface area contributed by atoms with E-state index in [-0.39, 0.29) is 17.7 Å². The van der Waals surface area contributed by atoms with Crippen LogP contribution in [0.4, 0.5) is 4.79 Å². The van der Waals surface area contributed by atoms with E-state index in [9.17, 15) is 4.79 Å². The monoisotopic (exact) mass is 375 g/mol. The van der Waals surface area contributed by atoms with Crippen LogP contribution in [0.1, 0.15) is 37.8 Å². The van der Waals surface area contributed by atoms with E-state index in [1.165, 1.54) is 11.1 Å². The van der Waals surface area contributed by atoms with Crippen LogP contribution < -0.4 is 10.6 Å². The van der Waals surface area contributed by atoms with Crippen molar-refractivity contribution in [1.29, 1.82) is 0 Å². The van der Waals surface area contributed by atoms with Crippen LogP contribution in [0.5, 0.6) is 0 Å². The Morgan fingerprint density at radius 2 is 2.00 bits per heavy atom. The van der Waals surface area contributed by atoms with Gasteiger partial charge in [-0.25, -0.2) is 4.79 Å². The second-order valence-electron chi connectivity index (χ2n) is 7.64. The van der Waals surface area contributed by atoms with E-state index < -0.39 is 0 Å². The van der Waals surface area contributed by atoms with Gasteiger partial charge in [0.15, 0.2) is 0 Å². The fourth-order valence-electron chi connectivity index (χ4n) is 3.95. The zero-order chi connectivity index (χ0) is 19.1. The number of ether oxygens (including phenoxy) is 2. The van der Waals surface area contributed by atoms with Crippen LogP contribution in [0.2, 0.25) is 0 Å². The number of hydrogen-bond acceptors (Lipinski definition) is 4. The maximum atomic E-state index is 11.6. The van der Waals surface area contributed by atoms with Crippen LogP contribution in [0.15, 0.2) is 24.3 Å². The minimum atomic E-state index is -0.257. The molecule has 2 aliphatic heterocycles. The maximum Gasteiger partial charge on any atom is 0.314 e. The molecule has 0 aliphatic carbocycles. The van der Waals surface area contributed by atoms with Gasteiger partial charge in [-0.2, -0.15) is 0 Å². The Hall–Kier alpha value is -1.63. The van der Waals surface area contributed by atoms with Crippen LogP contribution in [-0.4, -0.2) is 62.0 Å². The van der Waals surface area contributed by atoms with E-state index in [4.69, 9.17) is 9.47 Å². The highest BCUT2D eigenvalue weighted by molar-refractivity contribution is 5.73. The minimum absolute atomic E-state index is 0.0555. The van der Waals surface area contributed by atoms with Gasteiger partial charge in [-0.05, 0) is 37.3 Å². The molecule has 3 rings (SSSR count). The fourth-order valence-corrected chi connectivity index (χ4v) is 3.95. The zero-order valence-corrected chi connectivity index (χ0v) is 16.6. The molecule has 2 saturated heterocycles. The van der Waals surface area contributed by atoms with Gasteiger partial charge in [-0.15, -0.1) is 0 Å². The number of benzene rings is 1. The van der Waals surface area contributed by atoms with Crippen molar-refractivity contribution in [2.45, 2.75) is 51.4 Å². The molecule has 2 unspecified atom stereocenters. The molecule has 2 N–H and O–H groups in total. The van der Waals surface area contributed by atoms with Crippen molar-refractivity contribution in [2.24, 2.45) is 0 Å². The average Bonchev–Trinajstić information content (AvgIpc) is 2.96. The van der Waals surface area contributed by atoms with Crippen molar-refractivity contribution in [2.75, 3.05) is 39.4 Å². The molecule has 2 amide bonds. The minimum Gasteiger partial charge on any atom is -0.377 e. The van der Waals surface area contributed by atoms with Crippen LogP contribution in [0, 0.1) is 0 Å². The van der Waals surface area contributed by atoms with E-state index in [0.717, 1.165) is 45.5 Å². The molecule has 6 heteroatoms. The van der Waals surface area contributed by atoms with Gasteiger partial charge < -0.3 is 20.1 Å². The normalized spacial score (nSPS) is 26.1. The second kappa shape index (κ2) is 9.53. The molecule has 2 heterocycles. The predicted octanol–water partition coefficient (Wildman–Crippen LogP) is 2.32. The lowest BCUT2D eigenvalue weighted by atomic mass is 9.99. The fraction of sp³-hybridized carbons (Fsp3) is 0.667. The topological polar surface area (TPSA) is 62.8 Å². The number of nitrogens with one attached hydrogen (secondary N) is 2. The Balaban J connectivity index is 1.55. The van der Waals surface area contributed by atoms with Crippen LogP contribution in [0.25, 0.3) is 0 Å². The number of rotatable bonds is 6. The predicted molar refractivity (Wildman–Crippen MR) is 106 cm³/mol. The molecule has 1 aromatic carbocycles. The molecule has 1 aromatic rings. The van der Waals surface area contributed by atoms with E-state index in [2.05, 4.69) is 46.7 Å². The summed E-state index contributed by atoms with van der Waals surface area (Å²) in [6, 6.07) is 8.76. The molecule has 2 fully saturated rings. The lowest BCUT2D eigenvalue weighted by Gasteiger charge is -2.32. The van der Waals surface area contributed by atoms with Gasteiger partial charge >= 0.3 is 6.03 Å². The Labute approximate surface area is 162 Å². The number of aryl methyl sites for hydroxylation is 1. The summed E-state index contributed by atoms with van der Waals surface area (Å²) in [5.74, 6) is 0. The third-order valence-corrected chi connectivity index (χ3v) is 5.43. The standard InChI is InChI=1S/C21H33N3O3/c1-3-17-5-7-18(8-6-17)14-24-11-12-26-16-21(15-24)10-9-19(27-21)13-23-20(25)22-4-2/h5-8,19H,3-4,9-16H2,1-2H3,(H2,22,23,25). The summed E-state index contributed by atoms with van der Waals surface area (Å²) in [4.78, 5) is 14.1. The van der Waals surface area contributed by atoms with Crippen molar-refractivity contribution >= 4 is 6.03 Å². The first-order valence-electron chi connectivity index (χ1n) is 10.2. The van der Waals surface area contributed by atoms with Crippen molar-refractivity contribution in [1.82, 2.24) is 15.5 Å². The summed E-state index contributed by atoms with van der Waals surface area (Å²) >= 11 is 0. The van der Waals surface area contributed by atoms with Crippen LogP contribution >= 0.6 is 0 Å². The molecular weight excluding hydrogens is 342 g/mol. The first kappa shape index (κ1) is 20.1. The SMILES string of the molecule is CCNC(=O)NCC1CCC2(COCCN(Cc3ccc(CC)cc3)C2)O1. The number of urea groups is 1. The van der Waals surface area contributed by atoms with Gasteiger partial charge in [-0.3, -0.25) is 4.90 Å². The van der Waals surface area contributed by atoms with Gasteiger partial charge in [-0.1, -0.05) is 31.2 Å². The lowest BCUT2D eigenvalue weighted by molar-refractivity contribution is -0.0847. The zero-order valence-electron chi connectivity index (χ0n) is 16.6. The summed E-state index contributed by atoms with van der Waals surface area (Å²) in [5, 5.41) is 5.65. The second-order valence-corrected chi connectivity index (χ2v) is 7.64. The summed E-state index contributed by atoms with van der Waals surface area (Å²) in [7, 11) is 0. The number of hydrogen-bond donors (Lipinski definition) is 2. The molecule has 0 saturated carbocycles. The van der Waals surface area contributed by atoms with Gasteiger partial charge in [0.05, 0.1) is 19.3 Å². The third-order valence-electron chi connectivity index (χ3n) is 5.43. The van der Waals surface area contributed by atoms with Gasteiger partial charge in [0, 0.05) is 32.7 Å². The largest absolute Gasteiger partial charge is 0.377 e. The average molecular weight is 376 g/mol. The van der Waals surface area contributed by atoms with Crippen molar-refractivity contribution < 1.29 is 14.3 Å². The highest BCUT2D eigenvalue weighted by atomic mass is 16.6. The molecule has 1 spiro atoms. The van der Waals surface area contributed by atoms with E-state index in [0.29, 0.717) is 19.7 Å². The van der Waals surface area contributed by atoms with Crippen LogP contribution in [-0.2, 0) is 22.4 Å². The summed E-state index contributed by atoms with van der Waals surface area (Å²) in [6.45, 7) is 9.35. The highest BCUT2D eigenvalue weighted by Crippen LogP contribution is 2.33. The van der Waals surface area contributed by atoms with Gasteiger partial charge in [0.25, 0.3) is 0 Å². The first-order chi connectivity index (χ1) is 13.1. The van der Waals surface area contributed by atoms with Crippen molar-refractivity contribution in [3.05, 3.63) is 35.4 Å². The number of amides is 2. The Morgan fingerprint density at radius 3 is 2.74 bits per heavy atom. The molecule has 6 nitrogen and oxygen atoms in total. The van der Waals surface area contributed by atoms with Gasteiger partial charge in [0.1, 0.15) is 5.60 Å². The van der Waals surface area contributed by atoms with Gasteiger partial charge in [0.2, 0.25) is 0 Å². The molecule has 2 aliphatic rings. The van der Waals surface area contributed by atoms with E-state index in [1.54, 1.807) is 0 Å². The highest BCUT2D eigenvalue weighted by Gasteiger charge is 2.43. The lowest BCUT2D eigenvalue weighted by Crippen LogP contribution is -2.46.